The van der Waals surface area contributed by atoms with Gasteiger partial charge >= 0.3 is 0 Å². The van der Waals surface area contributed by atoms with E-state index < -0.39 is 35.1 Å². The van der Waals surface area contributed by atoms with Crippen molar-refractivity contribution in [3.63, 3.8) is 0 Å². The van der Waals surface area contributed by atoms with Crippen LogP contribution in [0.5, 0.6) is 5.75 Å². The molecule has 1 amide bonds. The predicted octanol–water partition coefficient (Wildman–Crippen LogP) is 6.38. The van der Waals surface area contributed by atoms with Crippen molar-refractivity contribution >= 4 is 23.1 Å². The molecule has 3 aromatic carbocycles. The van der Waals surface area contributed by atoms with Crippen LogP contribution in [0.15, 0.2) is 88.9 Å². The third-order valence-electron chi connectivity index (χ3n) is 6.34. The number of hydrogen-bond acceptors (Lipinski definition) is 5. The number of anilines is 1. The lowest BCUT2D eigenvalue weighted by Crippen LogP contribution is -2.29. The van der Waals surface area contributed by atoms with Gasteiger partial charge in [-0.15, -0.1) is 0 Å². The summed E-state index contributed by atoms with van der Waals surface area (Å²) in [7, 11) is 0. The van der Waals surface area contributed by atoms with Crippen LogP contribution in [0.25, 0.3) is 5.76 Å². The summed E-state index contributed by atoms with van der Waals surface area (Å²) in [5.41, 5.74) is 1.69. The second-order valence-electron chi connectivity index (χ2n) is 8.97. The number of furan rings is 1. The number of hydrogen-bond donors (Lipinski definition) is 1. The van der Waals surface area contributed by atoms with E-state index in [1.807, 2.05) is 30.3 Å². The first kappa shape index (κ1) is 25.0. The third kappa shape index (κ3) is 4.56. The summed E-state index contributed by atoms with van der Waals surface area (Å²) in [5.74, 6) is -3.40. The fourth-order valence-electron chi connectivity index (χ4n) is 4.45. The number of ether oxygens (including phenoxy) is 1. The lowest BCUT2D eigenvalue weighted by atomic mass is 9.98. The molecule has 0 aliphatic carbocycles. The molecular formula is C30H23F2NO5. The molecule has 6 nitrogen and oxygen atoms in total. The molecular weight excluding hydrogens is 492 g/mol. The zero-order chi connectivity index (χ0) is 27.0. The summed E-state index contributed by atoms with van der Waals surface area (Å²) < 4.78 is 39.3. The molecule has 5 rings (SSSR count). The van der Waals surface area contributed by atoms with E-state index >= 15 is 0 Å². The maximum Gasteiger partial charge on any atom is 0.300 e. The minimum Gasteiger partial charge on any atom is -0.507 e. The molecule has 1 aromatic heterocycles. The van der Waals surface area contributed by atoms with E-state index in [2.05, 4.69) is 0 Å². The van der Waals surface area contributed by atoms with E-state index in [9.17, 15) is 23.5 Å². The highest BCUT2D eigenvalue weighted by Gasteiger charge is 2.48. The van der Waals surface area contributed by atoms with Crippen LogP contribution in [0.1, 0.15) is 34.3 Å². The van der Waals surface area contributed by atoms with Crippen LogP contribution in [-0.2, 0) is 16.2 Å². The van der Waals surface area contributed by atoms with Crippen LogP contribution in [0.4, 0.5) is 14.5 Å². The lowest BCUT2D eigenvalue weighted by molar-refractivity contribution is -0.132. The van der Waals surface area contributed by atoms with Gasteiger partial charge in [-0.2, -0.15) is 0 Å². The Bertz CT molecular complexity index is 1570. The Morgan fingerprint density at radius 2 is 1.71 bits per heavy atom. The number of halogens is 2. The van der Waals surface area contributed by atoms with E-state index in [0.29, 0.717) is 23.7 Å². The molecule has 192 valence electrons. The molecule has 2 heterocycles. The molecule has 1 N–H and O–H groups in total. The first-order chi connectivity index (χ1) is 18.2. The van der Waals surface area contributed by atoms with Gasteiger partial charge in [-0.3, -0.25) is 14.5 Å². The number of Topliss-reactive ketones (excluding diaryl/α,β-unsaturated/α-hetero) is 1. The summed E-state index contributed by atoms with van der Waals surface area (Å²) in [6.07, 6.45) is 0. The largest absolute Gasteiger partial charge is 0.507 e. The number of carbonyl (C=O) groups excluding carboxylic acids is 2. The second kappa shape index (κ2) is 9.97. The van der Waals surface area contributed by atoms with Crippen LogP contribution in [0.2, 0.25) is 0 Å². The number of carbonyl (C=O) groups is 2. The fraction of sp³-hybridized carbons (Fsp3) is 0.133. The predicted molar refractivity (Wildman–Crippen MR) is 137 cm³/mol. The highest BCUT2D eigenvalue weighted by atomic mass is 19.2. The fourth-order valence-corrected chi connectivity index (χ4v) is 4.45. The van der Waals surface area contributed by atoms with Crippen molar-refractivity contribution in [3.05, 3.63) is 124 Å². The molecule has 1 fully saturated rings. The van der Waals surface area contributed by atoms with Gasteiger partial charge in [-0.1, -0.05) is 30.3 Å². The second-order valence-corrected chi connectivity index (χ2v) is 8.97. The van der Waals surface area contributed by atoms with Crippen LogP contribution >= 0.6 is 0 Å². The number of aliphatic hydroxyl groups is 1. The van der Waals surface area contributed by atoms with Gasteiger partial charge in [0.1, 0.15) is 35.7 Å². The third-order valence-corrected chi connectivity index (χ3v) is 6.34. The Balaban J connectivity index is 1.55. The number of rotatable bonds is 6. The summed E-state index contributed by atoms with van der Waals surface area (Å²) in [6.45, 7) is 3.83. The van der Waals surface area contributed by atoms with E-state index in [4.69, 9.17) is 9.15 Å². The van der Waals surface area contributed by atoms with E-state index in [1.165, 1.54) is 6.07 Å². The zero-order valence-corrected chi connectivity index (χ0v) is 20.6. The summed E-state index contributed by atoms with van der Waals surface area (Å²) >= 11 is 0. The van der Waals surface area contributed by atoms with Crippen LogP contribution in [-0.4, -0.2) is 16.8 Å². The normalized spacial score (nSPS) is 16.7. The summed E-state index contributed by atoms with van der Waals surface area (Å²) in [4.78, 5) is 27.3. The van der Waals surface area contributed by atoms with Crippen molar-refractivity contribution < 1.29 is 32.6 Å². The molecule has 8 heteroatoms. The van der Waals surface area contributed by atoms with Crippen molar-refractivity contribution in [2.75, 3.05) is 4.90 Å². The van der Waals surface area contributed by atoms with Gasteiger partial charge in [0.25, 0.3) is 11.7 Å². The smallest absolute Gasteiger partial charge is 0.300 e. The van der Waals surface area contributed by atoms with Crippen molar-refractivity contribution in [2.24, 2.45) is 0 Å². The maximum atomic E-state index is 14.1. The molecule has 0 bridgehead atoms. The van der Waals surface area contributed by atoms with Gasteiger partial charge < -0.3 is 14.3 Å². The number of benzene rings is 3. The standard InChI is InChI=1S/C30H23F2NO5/c1-17-14-20(9-13-24(17)37-16-19-6-4-3-5-7-19)28(34)26-27(25-12-8-18(2)38-25)33(30(36)29(26)35)21-10-11-22(31)23(32)15-21/h3-15,27,34H,16H2,1-2H3/b28-26-. The number of amides is 1. The number of aryl methyl sites for hydroxylation is 2. The average molecular weight is 516 g/mol. The summed E-state index contributed by atoms with van der Waals surface area (Å²) in [6, 6.07) is 19.4. The van der Waals surface area contributed by atoms with Gasteiger partial charge in [0.15, 0.2) is 11.6 Å². The van der Waals surface area contributed by atoms with Crippen molar-refractivity contribution in [3.8, 4) is 5.75 Å². The lowest BCUT2D eigenvalue weighted by Gasteiger charge is -2.23. The molecule has 0 spiro atoms. The Morgan fingerprint density at radius 3 is 2.37 bits per heavy atom. The molecule has 0 radical (unpaired) electrons. The minimum atomic E-state index is -1.19. The number of ketones is 1. The highest BCUT2D eigenvalue weighted by molar-refractivity contribution is 6.51. The van der Waals surface area contributed by atoms with Gasteiger partial charge in [0.2, 0.25) is 0 Å². The van der Waals surface area contributed by atoms with Gasteiger partial charge in [0.05, 0.1) is 5.57 Å². The molecule has 1 atom stereocenters. The molecule has 4 aromatic rings. The van der Waals surface area contributed by atoms with Crippen LogP contribution in [0, 0.1) is 25.5 Å². The zero-order valence-electron chi connectivity index (χ0n) is 20.6. The van der Waals surface area contributed by atoms with Crippen molar-refractivity contribution in [1.82, 2.24) is 0 Å². The number of aliphatic hydroxyl groups excluding tert-OH is 1. The highest BCUT2D eigenvalue weighted by Crippen LogP contribution is 2.43. The quantitative estimate of drug-likeness (QED) is 0.183. The molecule has 1 saturated heterocycles. The molecule has 0 saturated carbocycles. The van der Waals surface area contributed by atoms with Crippen LogP contribution in [0.3, 0.4) is 0 Å². The van der Waals surface area contributed by atoms with Gasteiger partial charge in [-0.05, 0) is 67.4 Å². The Labute approximate surface area is 217 Å². The van der Waals surface area contributed by atoms with E-state index in [0.717, 1.165) is 22.6 Å². The first-order valence-electron chi connectivity index (χ1n) is 11.8. The van der Waals surface area contributed by atoms with Gasteiger partial charge in [-0.25, -0.2) is 8.78 Å². The topological polar surface area (TPSA) is 80.0 Å². The van der Waals surface area contributed by atoms with Gasteiger partial charge in [0, 0.05) is 17.3 Å². The van der Waals surface area contributed by atoms with Crippen LogP contribution < -0.4 is 9.64 Å². The Morgan fingerprint density at radius 1 is 0.947 bits per heavy atom. The van der Waals surface area contributed by atoms with E-state index in [-0.39, 0.29) is 22.6 Å². The maximum absolute atomic E-state index is 14.1. The number of nitrogens with zero attached hydrogens (tertiary/aromatic N) is 1. The Hall–Kier alpha value is -4.72. The molecule has 1 unspecified atom stereocenters. The first-order valence-corrected chi connectivity index (χ1v) is 11.8. The van der Waals surface area contributed by atoms with Crippen molar-refractivity contribution in [2.45, 2.75) is 26.5 Å². The average Bonchev–Trinajstić information content (AvgIpc) is 3.45. The SMILES string of the molecule is Cc1ccc(C2/C(=C(/O)c3ccc(OCc4ccccc4)c(C)c3)C(=O)C(=O)N2c2ccc(F)c(F)c2)o1. The minimum absolute atomic E-state index is 0.0510. The summed E-state index contributed by atoms with van der Waals surface area (Å²) in [5, 5.41) is 11.3. The van der Waals surface area contributed by atoms with Crippen molar-refractivity contribution in [1.29, 1.82) is 0 Å². The monoisotopic (exact) mass is 515 g/mol. The molecule has 1 aliphatic rings. The van der Waals surface area contributed by atoms with E-state index in [1.54, 1.807) is 44.2 Å². The molecule has 1 aliphatic heterocycles. The Kier molecular flexibility index (Phi) is 6.55. The molecule has 38 heavy (non-hydrogen) atoms.